The summed E-state index contributed by atoms with van der Waals surface area (Å²) in [5.41, 5.74) is 0. The molecule has 0 rings (SSSR count). The zero-order chi connectivity index (χ0) is 46.7. The number of amides is 1. The van der Waals surface area contributed by atoms with Crippen LogP contribution in [0.2, 0.25) is 0 Å². The molecule has 0 heterocycles. The Kier molecular flexibility index (Phi) is 49.6. The second-order valence-corrected chi connectivity index (χ2v) is 18.6. The highest BCUT2D eigenvalue weighted by Crippen LogP contribution is 2.18. The summed E-state index contributed by atoms with van der Waals surface area (Å²) in [5, 5.41) is 23.8. The Labute approximate surface area is 397 Å². The molecule has 6 nitrogen and oxygen atoms in total. The molecule has 0 aromatic carbocycles. The molecule has 3 atom stereocenters. The van der Waals surface area contributed by atoms with Crippen LogP contribution in [0.3, 0.4) is 0 Å². The normalized spacial score (nSPS) is 13.6. The van der Waals surface area contributed by atoms with E-state index in [1.54, 1.807) is 0 Å². The Morgan fingerprint density at radius 2 is 0.844 bits per heavy atom. The Morgan fingerprint density at radius 3 is 1.27 bits per heavy atom. The summed E-state index contributed by atoms with van der Waals surface area (Å²) in [7, 11) is 0. The standard InChI is InChI=1S/C58H105NO5/c1-4-7-10-13-16-19-22-25-27-28-29-30-31-33-36-39-42-45-48-51-58(63)64-54(49-46-43-40-37-34-32-26-23-20-17-14-11-8-5-2)52-57(62)59-55(53-60)56(61)50-47-44-41-38-35-24-21-18-15-12-9-6-3/h7,10,16,19,25,27,29-30,33,36,54-56,60-61H,4-6,8-9,11-15,17-18,20-24,26,28,31-32,34-35,37-53H2,1-3H3,(H,59,62)/b10-7-,19-16-,27-25-,30-29-,36-33-. The van der Waals surface area contributed by atoms with E-state index in [2.05, 4.69) is 86.8 Å². The third-order valence-electron chi connectivity index (χ3n) is 12.4. The van der Waals surface area contributed by atoms with Crippen LogP contribution in [0.25, 0.3) is 0 Å². The average molecular weight is 896 g/mol. The maximum absolute atomic E-state index is 13.2. The van der Waals surface area contributed by atoms with Crippen LogP contribution in [0.5, 0.6) is 0 Å². The van der Waals surface area contributed by atoms with Crippen molar-refractivity contribution in [3.8, 4) is 0 Å². The summed E-state index contributed by atoms with van der Waals surface area (Å²) in [6.45, 7) is 6.38. The van der Waals surface area contributed by atoms with Gasteiger partial charge in [0, 0.05) is 6.42 Å². The molecule has 0 aromatic rings. The first-order chi connectivity index (χ1) is 31.5. The number of hydrogen-bond donors (Lipinski definition) is 3. The van der Waals surface area contributed by atoms with Crippen LogP contribution < -0.4 is 5.32 Å². The number of esters is 1. The van der Waals surface area contributed by atoms with Crippen molar-refractivity contribution in [2.24, 2.45) is 0 Å². The van der Waals surface area contributed by atoms with Gasteiger partial charge in [0.15, 0.2) is 0 Å². The topological polar surface area (TPSA) is 95.9 Å². The van der Waals surface area contributed by atoms with Gasteiger partial charge in [0.05, 0.1) is 25.2 Å². The van der Waals surface area contributed by atoms with Crippen molar-refractivity contribution >= 4 is 11.9 Å². The predicted molar refractivity (Wildman–Crippen MR) is 278 cm³/mol. The molecule has 0 radical (unpaired) electrons. The van der Waals surface area contributed by atoms with Crippen LogP contribution in [0.4, 0.5) is 0 Å². The Morgan fingerprint density at radius 1 is 0.469 bits per heavy atom. The highest BCUT2D eigenvalue weighted by molar-refractivity contribution is 5.77. The summed E-state index contributed by atoms with van der Waals surface area (Å²) in [4.78, 5) is 26.2. The lowest BCUT2D eigenvalue weighted by Crippen LogP contribution is -2.46. The van der Waals surface area contributed by atoms with E-state index in [9.17, 15) is 19.8 Å². The van der Waals surface area contributed by atoms with Gasteiger partial charge in [0.25, 0.3) is 0 Å². The number of carbonyl (C=O) groups excluding carboxylic acids is 2. The number of nitrogens with one attached hydrogen (secondary N) is 1. The zero-order valence-corrected chi connectivity index (χ0v) is 42.4. The monoisotopic (exact) mass is 896 g/mol. The van der Waals surface area contributed by atoms with Gasteiger partial charge in [0.2, 0.25) is 5.91 Å². The molecular weight excluding hydrogens is 791 g/mol. The lowest BCUT2D eigenvalue weighted by Gasteiger charge is -2.24. The minimum Gasteiger partial charge on any atom is -0.462 e. The van der Waals surface area contributed by atoms with Crippen molar-refractivity contribution in [2.45, 2.75) is 289 Å². The van der Waals surface area contributed by atoms with E-state index in [1.165, 1.54) is 135 Å². The van der Waals surface area contributed by atoms with Gasteiger partial charge in [-0.15, -0.1) is 0 Å². The summed E-state index contributed by atoms with van der Waals surface area (Å²) < 4.78 is 5.94. The van der Waals surface area contributed by atoms with Crippen LogP contribution in [-0.4, -0.2) is 46.9 Å². The molecule has 0 aliphatic heterocycles. The Hall–Kier alpha value is -2.44. The maximum atomic E-state index is 13.2. The molecule has 0 aliphatic rings. The average Bonchev–Trinajstić information content (AvgIpc) is 3.29. The lowest BCUT2D eigenvalue weighted by atomic mass is 10.0. The van der Waals surface area contributed by atoms with Crippen LogP contribution >= 0.6 is 0 Å². The van der Waals surface area contributed by atoms with Crippen LogP contribution in [0.15, 0.2) is 60.8 Å². The van der Waals surface area contributed by atoms with Crippen LogP contribution in [0, 0.1) is 0 Å². The van der Waals surface area contributed by atoms with E-state index < -0.39 is 18.2 Å². The van der Waals surface area contributed by atoms with Gasteiger partial charge in [-0.05, 0) is 70.6 Å². The van der Waals surface area contributed by atoms with E-state index in [-0.39, 0.29) is 24.9 Å². The molecule has 6 heteroatoms. The SMILES string of the molecule is CC/C=C\C/C=C\C/C=C\C/C=C\C/C=C\CCCCCC(=O)OC(CCCCCCCCCCCCCCCC)CC(=O)NC(CO)C(O)CCCCCCCCCCCCCC. The molecule has 0 fully saturated rings. The summed E-state index contributed by atoms with van der Waals surface area (Å²) in [5.74, 6) is -0.503. The minimum absolute atomic E-state index is 0.0656. The first-order valence-electron chi connectivity index (χ1n) is 27.5. The van der Waals surface area contributed by atoms with Gasteiger partial charge in [-0.3, -0.25) is 9.59 Å². The summed E-state index contributed by atoms with van der Waals surface area (Å²) >= 11 is 0. The highest BCUT2D eigenvalue weighted by Gasteiger charge is 2.24. The number of allylic oxidation sites excluding steroid dienone is 10. The maximum Gasteiger partial charge on any atom is 0.306 e. The molecule has 1 amide bonds. The number of rotatable bonds is 49. The van der Waals surface area contributed by atoms with Crippen molar-refractivity contribution in [3.05, 3.63) is 60.8 Å². The molecule has 0 aromatic heterocycles. The third kappa shape index (κ3) is 46.1. The predicted octanol–water partition coefficient (Wildman–Crippen LogP) is 16.8. The van der Waals surface area contributed by atoms with E-state index >= 15 is 0 Å². The molecule has 3 N–H and O–H groups in total. The molecule has 3 unspecified atom stereocenters. The van der Waals surface area contributed by atoms with Gasteiger partial charge >= 0.3 is 5.97 Å². The third-order valence-corrected chi connectivity index (χ3v) is 12.4. The van der Waals surface area contributed by atoms with E-state index in [0.29, 0.717) is 19.3 Å². The van der Waals surface area contributed by atoms with Gasteiger partial charge in [0.1, 0.15) is 6.10 Å². The molecule has 0 saturated carbocycles. The fraction of sp³-hybridized carbons (Fsp3) is 0.793. The van der Waals surface area contributed by atoms with Crippen LogP contribution in [-0.2, 0) is 14.3 Å². The number of carbonyl (C=O) groups is 2. The highest BCUT2D eigenvalue weighted by atomic mass is 16.5. The van der Waals surface area contributed by atoms with E-state index in [1.807, 2.05) is 0 Å². The summed E-state index contributed by atoms with van der Waals surface area (Å²) in [6.07, 6.45) is 64.2. The minimum atomic E-state index is -0.793. The second kappa shape index (κ2) is 51.5. The number of aliphatic hydroxyl groups excluding tert-OH is 2. The molecule has 0 aliphatic carbocycles. The number of unbranched alkanes of at least 4 members (excludes halogenated alkanes) is 27. The van der Waals surface area contributed by atoms with Crippen molar-refractivity contribution in [3.63, 3.8) is 0 Å². The van der Waals surface area contributed by atoms with Crippen molar-refractivity contribution < 1.29 is 24.5 Å². The summed E-state index contributed by atoms with van der Waals surface area (Å²) in [6, 6.07) is -0.708. The quantitative estimate of drug-likeness (QED) is 0.0321. The number of hydrogen-bond acceptors (Lipinski definition) is 5. The smallest absolute Gasteiger partial charge is 0.306 e. The van der Waals surface area contributed by atoms with Gasteiger partial charge in [-0.2, -0.15) is 0 Å². The zero-order valence-electron chi connectivity index (χ0n) is 42.4. The second-order valence-electron chi connectivity index (χ2n) is 18.6. The molecule has 0 bridgehead atoms. The molecule has 372 valence electrons. The first-order valence-corrected chi connectivity index (χ1v) is 27.5. The largest absolute Gasteiger partial charge is 0.462 e. The van der Waals surface area contributed by atoms with Crippen molar-refractivity contribution in [1.29, 1.82) is 0 Å². The first kappa shape index (κ1) is 61.6. The van der Waals surface area contributed by atoms with Gasteiger partial charge < -0.3 is 20.3 Å². The van der Waals surface area contributed by atoms with Crippen molar-refractivity contribution in [1.82, 2.24) is 5.32 Å². The van der Waals surface area contributed by atoms with E-state index in [0.717, 1.165) is 89.9 Å². The molecular formula is C58H105NO5. The fourth-order valence-corrected chi connectivity index (χ4v) is 8.22. The number of aliphatic hydroxyl groups is 2. The molecule has 0 spiro atoms. The van der Waals surface area contributed by atoms with Gasteiger partial charge in [-0.1, -0.05) is 248 Å². The van der Waals surface area contributed by atoms with Gasteiger partial charge in [-0.25, -0.2) is 0 Å². The lowest BCUT2D eigenvalue weighted by molar-refractivity contribution is -0.151. The fourth-order valence-electron chi connectivity index (χ4n) is 8.22. The van der Waals surface area contributed by atoms with Crippen molar-refractivity contribution in [2.75, 3.05) is 6.61 Å². The van der Waals surface area contributed by atoms with E-state index in [4.69, 9.17) is 4.74 Å². The number of ether oxygens (including phenoxy) is 1. The molecule has 0 saturated heterocycles. The Balaban J connectivity index is 4.61. The Bertz CT molecular complexity index is 1140. The molecule has 64 heavy (non-hydrogen) atoms. The van der Waals surface area contributed by atoms with Crippen LogP contribution in [0.1, 0.15) is 271 Å².